The summed E-state index contributed by atoms with van der Waals surface area (Å²) in [7, 11) is -3.70. The lowest BCUT2D eigenvalue weighted by atomic mass is 10.1. The van der Waals surface area contributed by atoms with Crippen LogP contribution in [0.15, 0.2) is 47.4 Å². The number of aromatic amines is 1. The summed E-state index contributed by atoms with van der Waals surface area (Å²) in [6.07, 6.45) is 0. The topological polar surface area (TPSA) is 91.5 Å². The van der Waals surface area contributed by atoms with Crippen molar-refractivity contribution in [2.75, 3.05) is 31.6 Å². The van der Waals surface area contributed by atoms with E-state index in [9.17, 15) is 13.2 Å². The van der Waals surface area contributed by atoms with Gasteiger partial charge in [0.1, 0.15) is 10.6 Å². The second-order valence-corrected chi connectivity index (χ2v) is 8.95. The van der Waals surface area contributed by atoms with Crippen LogP contribution in [0.5, 0.6) is 0 Å². The Morgan fingerprint density at radius 3 is 2.52 bits per heavy atom. The second kappa shape index (κ2) is 7.62. The van der Waals surface area contributed by atoms with Gasteiger partial charge in [0.15, 0.2) is 0 Å². The number of nitrogens with one attached hydrogen (secondary N) is 2. The molecule has 4 rings (SSSR count). The van der Waals surface area contributed by atoms with Crippen LogP contribution in [-0.4, -0.2) is 49.9 Å². The van der Waals surface area contributed by atoms with Gasteiger partial charge in [0.25, 0.3) is 5.91 Å². The number of aryl methyl sites for hydroxylation is 1. The van der Waals surface area contributed by atoms with Crippen molar-refractivity contribution in [3.05, 3.63) is 59.4 Å². The van der Waals surface area contributed by atoms with Gasteiger partial charge in [-0.3, -0.25) is 4.79 Å². The fraction of sp³-hybridized carbons (Fsp3) is 0.286. The first-order chi connectivity index (χ1) is 13.9. The summed E-state index contributed by atoms with van der Waals surface area (Å²) < 4.78 is 32.9. The number of fused-ring (bicyclic) bond motifs is 1. The molecule has 29 heavy (non-hydrogen) atoms. The molecule has 1 fully saturated rings. The molecule has 3 aromatic rings. The van der Waals surface area contributed by atoms with Crippen LogP contribution in [0.1, 0.15) is 21.7 Å². The van der Waals surface area contributed by atoms with Gasteiger partial charge in [-0.1, -0.05) is 36.4 Å². The molecule has 2 N–H and O–H groups in total. The number of H-pyrrole nitrogens is 1. The number of sulfonamides is 1. The minimum Gasteiger partial charge on any atom is -0.379 e. The number of morpholine rings is 1. The minimum atomic E-state index is -3.70. The Balaban J connectivity index is 1.67. The van der Waals surface area contributed by atoms with Crippen molar-refractivity contribution in [2.24, 2.45) is 0 Å². The molecule has 0 unspecified atom stereocenters. The van der Waals surface area contributed by atoms with E-state index in [2.05, 4.69) is 10.3 Å². The van der Waals surface area contributed by atoms with Gasteiger partial charge in [-0.25, -0.2) is 8.42 Å². The highest BCUT2D eigenvalue weighted by atomic mass is 32.2. The third-order valence-electron chi connectivity index (χ3n) is 5.20. The summed E-state index contributed by atoms with van der Waals surface area (Å²) in [5, 5.41) is 4.85. The van der Waals surface area contributed by atoms with Crippen LogP contribution in [0.2, 0.25) is 0 Å². The molecule has 1 aliphatic rings. The Morgan fingerprint density at radius 2 is 1.76 bits per heavy atom. The number of carbonyl (C=O) groups is 1. The van der Waals surface area contributed by atoms with E-state index in [0.29, 0.717) is 43.2 Å². The van der Waals surface area contributed by atoms with Gasteiger partial charge in [-0.15, -0.1) is 0 Å². The monoisotopic (exact) mass is 413 g/mol. The molecule has 0 radical (unpaired) electrons. The number of carbonyl (C=O) groups excluding carboxylic acids is 1. The molecule has 1 amide bonds. The average Bonchev–Trinajstić information content (AvgIpc) is 3.03. The quantitative estimate of drug-likeness (QED) is 0.688. The number of rotatable bonds is 4. The fourth-order valence-electron chi connectivity index (χ4n) is 3.78. The van der Waals surface area contributed by atoms with Crippen molar-refractivity contribution in [1.29, 1.82) is 0 Å². The van der Waals surface area contributed by atoms with Gasteiger partial charge in [0.2, 0.25) is 10.0 Å². The van der Waals surface area contributed by atoms with Crippen LogP contribution in [-0.2, 0) is 14.8 Å². The van der Waals surface area contributed by atoms with Crippen LogP contribution < -0.4 is 5.32 Å². The maximum atomic E-state index is 13.1. The lowest BCUT2D eigenvalue weighted by Crippen LogP contribution is -2.40. The summed E-state index contributed by atoms with van der Waals surface area (Å²) >= 11 is 0. The SMILES string of the molecule is Cc1[nH]c(C(=O)Nc2cccc3ccccc23)c(C)c1S(=O)(=O)N1CCOCC1. The lowest BCUT2D eigenvalue weighted by molar-refractivity contribution is 0.0730. The first-order valence-electron chi connectivity index (χ1n) is 9.46. The molecular formula is C21H23N3O4S. The third kappa shape index (κ3) is 3.55. The summed E-state index contributed by atoms with van der Waals surface area (Å²) in [6, 6.07) is 13.4. The molecule has 0 saturated carbocycles. The zero-order valence-corrected chi connectivity index (χ0v) is 17.2. The number of anilines is 1. The van der Waals surface area contributed by atoms with Crippen LogP contribution in [0.25, 0.3) is 10.8 Å². The van der Waals surface area contributed by atoms with Crippen molar-refractivity contribution in [1.82, 2.24) is 9.29 Å². The number of hydrogen-bond acceptors (Lipinski definition) is 4. The minimum absolute atomic E-state index is 0.169. The van der Waals surface area contributed by atoms with Gasteiger partial charge in [0, 0.05) is 29.9 Å². The maximum absolute atomic E-state index is 13.1. The zero-order chi connectivity index (χ0) is 20.6. The Morgan fingerprint density at radius 1 is 1.07 bits per heavy atom. The van der Waals surface area contributed by atoms with Crippen molar-refractivity contribution >= 4 is 32.4 Å². The van der Waals surface area contributed by atoms with Crippen LogP contribution in [0, 0.1) is 13.8 Å². The molecule has 0 aliphatic carbocycles. The van der Waals surface area contributed by atoms with Gasteiger partial charge in [-0.2, -0.15) is 4.31 Å². The number of hydrogen-bond donors (Lipinski definition) is 2. The Bertz CT molecular complexity index is 1170. The van der Waals surface area contributed by atoms with E-state index in [4.69, 9.17) is 4.74 Å². The molecule has 1 aromatic heterocycles. The largest absolute Gasteiger partial charge is 0.379 e. The van der Waals surface area contributed by atoms with Crippen molar-refractivity contribution in [3.63, 3.8) is 0 Å². The van der Waals surface area contributed by atoms with Gasteiger partial charge in [-0.05, 0) is 30.9 Å². The van der Waals surface area contributed by atoms with E-state index in [0.717, 1.165) is 10.8 Å². The molecule has 0 spiro atoms. The normalized spacial score (nSPS) is 15.5. The first kappa shape index (κ1) is 19.6. The smallest absolute Gasteiger partial charge is 0.272 e. The second-order valence-electron chi connectivity index (χ2n) is 7.08. The van der Waals surface area contributed by atoms with E-state index in [-0.39, 0.29) is 16.5 Å². The zero-order valence-electron chi connectivity index (χ0n) is 16.4. The van der Waals surface area contributed by atoms with Crippen molar-refractivity contribution in [3.8, 4) is 0 Å². The van der Waals surface area contributed by atoms with Gasteiger partial charge in [0.05, 0.1) is 13.2 Å². The molecule has 2 heterocycles. The predicted molar refractivity (Wildman–Crippen MR) is 112 cm³/mol. The van der Waals surface area contributed by atoms with Crippen molar-refractivity contribution in [2.45, 2.75) is 18.7 Å². The number of aromatic nitrogens is 1. The maximum Gasteiger partial charge on any atom is 0.272 e. The molecule has 1 saturated heterocycles. The lowest BCUT2D eigenvalue weighted by Gasteiger charge is -2.26. The third-order valence-corrected chi connectivity index (χ3v) is 7.37. The van der Waals surface area contributed by atoms with E-state index < -0.39 is 10.0 Å². The van der Waals surface area contributed by atoms with Gasteiger partial charge >= 0.3 is 0 Å². The molecule has 7 nitrogen and oxygen atoms in total. The Hall–Kier alpha value is -2.68. The molecule has 2 aromatic carbocycles. The van der Waals surface area contributed by atoms with E-state index >= 15 is 0 Å². The highest BCUT2D eigenvalue weighted by molar-refractivity contribution is 7.89. The number of ether oxygens (including phenoxy) is 1. The van der Waals surface area contributed by atoms with E-state index in [1.165, 1.54) is 4.31 Å². The van der Waals surface area contributed by atoms with E-state index in [1.54, 1.807) is 13.8 Å². The fourth-order valence-corrected chi connectivity index (χ4v) is 5.60. The number of amides is 1. The molecular weight excluding hydrogens is 390 g/mol. The number of nitrogens with zero attached hydrogens (tertiary/aromatic N) is 1. The Kier molecular flexibility index (Phi) is 5.16. The molecule has 0 bridgehead atoms. The molecule has 1 aliphatic heterocycles. The first-order valence-corrected chi connectivity index (χ1v) is 10.9. The summed E-state index contributed by atoms with van der Waals surface area (Å²) in [4.78, 5) is 16.1. The number of benzene rings is 2. The van der Waals surface area contributed by atoms with E-state index in [1.807, 2.05) is 42.5 Å². The van der Waals surface area contributed by atoms with Crippen LogP contribution in [0.3, 0.4) is 0 Å². The summed E-state index contributed by atoms with van der Waals surface area (Å²) in [5.41, 5.74) is 1.81. The van der Waals surface area contributed by atoms with Crippen molar-refractivity contribution < 1.29 is 17.9 Å². The Labute approximate surface area is 169 Å². The average molecular weight is 413 g/mol. The molecule has 152 valence electrons. The highest BCUT2D eigenvalue weighted by Crippen LogP contribution is 2.28. The summed E-state index contributed by atoms with van der Waals surface area (Å²) in [5.74, 6) is -0.370. The predicted octanol–water partition coefficient (Wildman–Crippen LogP) is 3.06. The van der Waals surface area contributed by atoms with Gasteiger partial charge < -0.3 is 15.0 Å². The standard InChI is InChI=1S/C21H23N3O4S/c1-14-19(21(25)23-18-9-5-7-16-6-3-4-8-17(16)18)22-15(2)20(14)29(26,27)24-10-12-28-13-11-24/h3-9,22H,10-13H2,1-2H3,(H,23,25). The highest BCUT2D eigenvalue weighted by Gasteiger charge is 2.32. The molecule has 0 atom stereocenters. The summed E-state index contributed by atoms with van der Waals surface area (Å²) in [6.45, 7) is 4.70. The molecule has 8 heteroatoms. The van der Waals surface area contributed by atoms with Crippen LogP contribution in [0.4, 0.5) is 5.69 Å². The van der Waals surface area contributed by atoms with Crippen LogP contribution >= 0.6 is 0 Å².